The van der Waals surface area contributed by atoms with E-state index < -0.39 is 0 Å². The molecule has 0 aromatic rings. The van der Waals surface area contributed by atoms with Gasteiger partial charge in [-0.25, -0.2) is 0 Å². The highest BCUT2D eigenvalue weighted by Crippen LogP contribution is 2.43. The predicted octanol–water partition coefficient (Wildman–Crippen LogP) is 3.36. The van der Waals surface area contributed by atoms with E-state index in [1.807, 2.05) is 0 Å². The molecule has 0 radical (unpaired) electrons. The fraction of sp³-hybridized carbons (Fsp3) is 1.00. The Morgan fingerprint density at radius 2 is 1.94 bits per heavy atom. The summed E-state index contributed by atoms with van der Waals surface area (Å²) in [6.45, 7) is 5.16. The highest BCUT2D eigenvalue weighted by molar-refractivity contribution is 4.87. The lowest BCUT2D eigenvalue weighted by molar-refractivity contribution is 0.130. The molecule has 2 heteroatoms. The second-order valence-corrected chi connectivity index (χ2v) is 5.88. The molecule has 0 amide bonds. The van der Waals surface area contributed by atoms with E-state index in [0.29, 0.717) is 0 Å². The van der Waals surface area contributed by atoms with E-state index in [2.05, 4.69) is 12.2 Å². The summed E-state index contributed by atoms with van der Waals surface area (Å²) in [5.41, 5.74) is 0. The molecule has 0 spiro atoms. The summed E-state index contributed by atoms with van der Waals surface area (Å²) >= 11 is 0. The molecule has 1 N–H and O–H groups in total. The van der Waals surface area contributed by atoms with Crippen LogP contribution in [0.3, 0.4) is 0 Å². The quantitative estimate of drug-likeness (QED) is 0.656. The van der Waals surface area contributed by atoms with Crippen molar-refractivity contribution in [3.8, 4) is 0 Å². The van der Waals surface area contributed by atoms with Gasteiger partial charge in [-0.05, 0) is 56.9 Å². The Bertz CT molecular complexity index is 203. The first-order valence-corrected chi connectivity index (χ1v) is 7.71. The minimum absolute atomic E-state index is 0.806. The molecule has 17 heavy (non-hydrogen) atoms. The maximum absolute atomic E-state index is 5.50. The molecule has 100 valence electrons. The highest BCUT2D eigenvalue weighted by atomic mass is 16.5. The van der Waals surface area contributed by atoms with E-state index >= 15 is 0 Å². The number of hydrogen-bond donors (Lipinski definition) is 1. The van der Waals surface area contributed by atoms with Crippen LogP contribution in [0.25, 0.3) is 0 Å². The van der Waals surface area contributed by atoms with Gasteiger partial charge in [-0.15, -0.1) is 0 Å². The molecule has 2 rings (SSSR count). The minimum Gasteiger partial charge on any atom is -0.381 e. The Morgan fingerprint density at radius 1 is 1.06 bits per heavy atom. The lowest BCUT2D eigenvalue weighted by atomic mass is 9.83. The molecule has 2 fully saturated rings. The van der Waals surface area contributed by atoms with Crippen LogP contribution in [-0.2, 0) is 4.74 Å². The summed E-state index contributed by atoms with van der Waals surface area (Å²) in [7, 11) is 0. The van der Waals surface area contributed by atoms with E-state index in [-0.39, 0.29) is 0 Å². The molecule has 2 unspecified atom stereocenters. The summed E-state index contributed by atoms with van der Waals surface area (Å²) < 4.78 is 5.50. The predicted molar refractivity (Wildman–Crippen MR) is 72.2 cm³/mol. The third kappa shape index (κ3) is 4.97. The monoisotopic (exact) mass is 239 g/mol. The Hall–Kier alpha value is -0.0800. The van der Waals surface area contributed by atoms with E-state index in [0.717, 1.165) is 44.1 Å². The molecular weight excluding hydrogens is 210 g/mol. The van der Waals surface area contributed by atoms with Crippen molar-refractivity contribution in [1.82, 2.24) is 5.32 Å². The van der Waals surface area contributed by atoms with Crippen LogP contribution in [-0.4, -0.2) is 25.8 Å². The fourth-order valence-electron chi connectivity index (χ4n) is 3.14. The summed E-state index contributed by atoms with van der Waals surface area (Å²) in [6, 6.07) is 0.806. The minimum atomic E-state index is 0.806. The molecule has 0 aromatic carbocycles. The second kappa shape index (κ2) is 7.38. The van der Waals surface area contributed by atoms with Gasteiger partial charge in [0.1, 0.15) is 0 Å². The fourth-order valence-corrected chi connectivity index (χ4v) is 3.14. The summed E-state index contributed by atoms with van der Waals surface area (Å²) in [4.78, 5) is 0. The first-order valence-electron chi connectivity index (χ1n) is 7.71. The first-order chi connectivity index (χ1) is 8.40. The maximum Gasteiger partial charge on any atom is 0.0478 e. The number of rotatable bonds is 8. The zero-order valence-electron chi connectivity index (χ0n) is 11.4. The van der Waals surface area contributed by atoms with Crippen molar-refractivity contribution in [2.45, 2.75) is 64.3 Å². The number of nitrogens with one attached hydrogen (secondary N) is 1. The summed E-state index contributed by atoms with van der Waals surface area (Å²) in [6.07, 6.45) is 11.1. The van der Waals surface area contributed by atoms with E-state index in [9.17, 15) is 0 Å². The Labute approximate surface area is 107 Å². The van der Waals surface area contributed by atoms with Crippen molar-refractivity contribution >= 4 is 0 Å². The van der Waals surface area contributed by atoms with Crippen molar-refractivity contribution in [2.24, 2.45) is 11.8 Å². The summed E-state index contributed by atoms with van der Waals surface area (Å²) in [5, 5.41) is 3.73. The van der Waals surface area contributed by atoms with Crippen LogP contribution in [0.2, 0.25) is 0 Å². The van der Waals surface area contributed by atoms with Gasteiger partial charge < -0.3 is 10.1 Å². The van der Waals surface area contributed by atoms with Crippen LogP contribution in [0.5, 0.6) is 0 Å². The van der Waals surface area contributed by atoms with Crippen molar-refractivity contribution in [3.05, 3.63) is 0 Å². The third-order valence-electron chi connectivity index (χ3n) is 4.25. The SMILES string of the molecule is CCCOCCCNC1CCCC(C2CC2)C1. The normalized spacial score (nSPS) is 29.5. The molecular formula is C15H29NO. The maximum atomic E-state index is 5.50. The molecule has 0 heterocycles. The van der Waals surface area contributed by atoms with Crippen LogP contribution < -0.4 is 5.32 Å². The molecule has 2 aliphatic rings. The van der Waals surface area contributed by atoms with Crippen molar-refractivity contribution in [1.29, 1.82) is 0 Å². The number of hydrogen-bond acceptors (Lipinski definition) is 2. The topological polar surface area (TPSA) is 21.3 Å². The van der Waals surface area contributed by atoms with Crippen LogP contribution in [0.15, 0.2) is 0 Å². The second-order valence-electron chi connectivity index (χ2n) is 5.88. The van der Waals surface area contributed by atoms with Gasteiger partial charge in [0.2, 0.25) is 0 Å². The average molecular weight is 239 g/mol. The molecule has 0 aliphatic heterocycles. The average Bonchev–Trinajstić information content (AvgIpc) is 3.18. The largest absolute Gasteiger partial charge is 0.381 e. The Kier molecular flexibility index (Phi) is 5.79. The van der Waals surface area contributed by atoms with Gasteiger partial charge in [0.25, 0.3) is 0 Å². The van der Waals surface area contributed by atoms with E-state index in [1.54, 1.807) is 0 Å². The van der Waals surface area contributed by atoms with Crippen molar-refractivity contribution in [2.75, 3.05) is 19.8 Å². The molecule has 2 saturated carbocycles. The zero-order valence-corrected chi connectivity index (χ0v) is 11.4. The van der Waals surface area contributed by atoms with Gasteiger partial charge >= 0.3 is 0 Å². The van der Waals surface area contributed by atoms with Crippen LogP contribution in [0, 0.1) is 11.8 Å². The van der Waals surface area contributed by atoms with Crippen molar-refractivity contribution in [3.63, 3.8) is 0 Å². The molecule has 2 aliphatic carbocycles. The van der Waals surface area contributed by atoms with Gasteiger partial charge in [0, 0.05) is 19.3 Å². The van der Waals surface area contributed by atoms with Gasteiger partial charge in [-0.3, -0.25) is 0 Å². The summed E-state index contributed by atoms with van der Waals surface area (Å²) in [5.74, 6) is 2.16. The standard InChI is InChI=1S/C15H29NO/c1-2-10-17-11-4-9-16-15-6-3-5-14(12-15)13-7-8-13/h13-16H,2-12H2,1H3. The lowest BCUT2D eigenvalue weighted by Crippen LogP contribution is -2.35. The Balaban J connectivity index is 1.49. The van der Waals surface area contributed by atoms with Gasteiger partial charge in [0.15, 0.2) is 0 Å². The molecule has 0 bridgehead atoms. The van der Waals surface area contributed by atoms with Crippen LogP contribution in [0.1, 0.15) is 58.3 Å². The molecule has 2 atom stereocenters. The van der Waals surface area contributed by atoms with E-state index in [1.165, 1.54) is 44.9 Å². The van der Waals surface area contributed by atoms with Gasteiger partial charge in [0.05, 0.1) is 0 Å². The first kappa shape index (κ1) is 13.4. The highest BCUT2D eigenvalue weighted by Gasteiger charge is 2.34. The third-order valence-corrected chi connectivity index (χ3v) is 4.25. The molecule has 0 saturated heterocycles. The zero-order chi connectivity index (χ0) is 11.9. The lowest BCUT2D eigenvalue weighted by Gasteiger charge is -2.30. The van der Waals surface area contributed by atoms with E-state index in [4.69, 9.17) is 4.74 Å². The number of ether oxygens (including phenoxy) is 1. The van der Waals surface area contributed by atoms with Gasteiger partial charge in [-0.2, -0.15) is 0 Å². The molecule has 2 nitrogen and oxygen atoms in total. The molecule has 0 aromatic heterocycles. The van der Waals surface area contributed by atoms with Crippen molar-refractivity contribution < 1.29 is 4.74 Å². The Morgan fingerprint density at radius 3 is 2.71 bits per heavy atom. The van der Waals surface area contributed by atoms with Crippen LogP contribution in [0.4, 0.5) is 0 Å². The smallest absolute Gasteiger partial charge is 0.0478 e. The van der Waals surface area contributed by atoms with Crippen LogP contribution >= 0.6 is 0 Å². The van der Waals surface area contributed by atoms with Gasteiger partial charge in [-0.1, -0.05) is 19.8 Å².